The largest absolute Gasteiger partial charge is 0.497 e. The molecule has 1 fully saturated rings. The fraction of sp³-hybridized carbons (Fsp3) is 0.345. The van der Waals surface area contributed by atoms with Crippen LogP contribution in [0, 0.1) is 0 Å². The molecule has 0 saturated carbocycles. The first-order chi connectivity index (χ1) is 19.0. The number of aliphatic hydroxyl groups is 1. The topological polar surface area (TPSA) is 88.7 Å². The lowest BCUT2D eigenvalue weighted by atomic mass is 9.99. The van der Waals surface area contributed by atoms with E-state index in [9.17, 15) is 9.90 Å². The van der Waals surface area contributed by atoms with E-state index in [1.807, 2.05) is 31.2 Å². The van der Waals surface area contributed by atoms with Gasteiger partial charge in [0.15, 0.2) is 0 Å². The Morgan fingerprint density at radius 3 is 2.41 bits per heavy atom. The number of methoxy groups -OCH3 is 1. The van der Waals surface area contributed by atoms with Crippen molar-refractivity contribution in [2.75, 3.05) is 43.1 Å². The number of benzene rings is 2. The Kier molecular flexibility index (Phi) is 8.18. The summed E-state index contributed by atoms with van der Waals surface area (Å²) in [7, 11) is 1.68. The van der Waals surface area contributed by atoms with Crippen LogP contribution in [0.5, 0.6) is 5.75 Å². The predicted molar refractivity (Wildman–Crippen MR) is 153 cm³/mol. The summed E-state index contributed by atoms with van der Waals surface area (Å²) in [5, 5.41) is 16.0. The molecule has 0 radical (unpaired) electrons. The maximum atomic E-state index is 13.4. The van der Waals surface area contributed by atoms with Crippen molar-refractivity contribution in [1.29, 1.82) is 0 Å². The number of anilines is 2. The summed E-state index contributed by atoms with van der Waals surface area (Å²) >= 11 is 6.01. The number of piperazine rings is 1. The molecule has 0 unspecified atom stereocenters. The van der Waals surface area contributed by atoms with Crippen molar-refractivity contribution < 1.29 is 9.84 Å². The molecule has 0 bridgehead atoms. The van der Waals surface area contributed by atoms with Gasteiger partial charge in [0.25, 0.3) is 0 Å². The molecule has 0 aliphatic carbocycles. The van der Waals surface area contributed by atoms with Gasteiger partial charge in [-0.1, -0.05) is 43.1 Å². The molecule has 1 saturated heterocycles. The molecule has 4 aromatic rings. The Bertz CT molecular complexity index is 1430. The summed E-state index contributed by atoms with van der Waals surface area (Å²) in [4.78, 5) is 22.6. The third kappa shape index (κ3) is 5.79. The molecule has 0 spiro atoms. The van der Waals surface area contributed by atoms with Gasteiger partial charge in [0.05, 0.1) is 25.0 Å². The standard InChI is InChI=1S/C29H33ClN6O3/c1-3-5-26(28(37)21-8-10-22(30)11-9-21)36-29(38)35(20-32-36)24-12-13-27(31-19-24)34-16-14-33(15-17-34)23-6-4-7-25(18-23)39-2/h4,6-13,18-20,26,28,37H,3,5,14-17H2,1-2H3/t26-,28-/m1/s1. The van der Waals surface area contributed by atoms with Gasteiger partial charge in [0.2, 0.25) is 0 Å². The third-order valence-corrected chi connectivity index (χ3v) is 7.45. The van der Waals surface area contributed by atoms with Gasteiger partial charge in [0, 0.05) is 43.0 Å². The molecule has 204 valence electrons. The molecule has 2 aromatic carbocycles. The molecule has 1 N–H and O–H groups in total. The van der Waals surface area contributed by atoms with Crippen LogP contribution in [0.25, 0.3) is 5.69 Å². The van der Waals surface area contributed by atoms with E-state index in [0.717, 1.165) is 49.9 Å². The summed E-state index contributed by atoms with van der Waals surface area (Å²) < 4.78 is 8.20. The van der Waals surface area contributed by atoms with Crippen LogP contribution in [-0.4, -0.2) is 57.7 Å². The molecule has 3 heterocycles. The molecule has 39 heavy (non-hydrogen) atoms. The number of hydrogen-bond acceptors (Lipinski definition) is 7. The number of hydrogen-bond donors (Lipinski definition) is 1. The zero-order valence-electron chi connectivity index (χ0n) is 22.2. The Morgan fingerprint density at radius 1 is 1.00 bits per heavy atom. The van der Waals surface area contributed by atoms with Crippen LogP contribution in [0.4, 0.5) is 11.5 Å². The highest BCUT2D eigenvalue weighted by atomic mass is 35.5. The molecule has 5 rings (SSSR count). The zero-order chi connectivity index (χ0) is 27.4. The number of nitrogens with zero attached hydrogens (tertiary/aromatic N) is 6. The average Bonchev–Trinajstić information content (AvgIpc) is 3.36. The smallest absolute Gasteiger partial charge is 0.350 e. The van der Waals surface area contributed by atoms with Gasteiger partial charge < -0.3 is 19.6 Å². The molecule has 1 aliphatic rings. The monoisotopic (exact) mass is 548 g/mol. The fourth-order valence-electron chi connectivity index (χ4n) is 5.02. The van der Waals surface area contributed by atoms with Crippen LogP contribution in [0.3, 0.4) is 0 Å². The van der Waals surface area contributed by atoms with Crippen LogP contribution in [0.1, 0.15) is 37.5 Å². The maximum absolute atomic E-state index is 13.4. The SMILES string of the molecule is CCC[C@H]([C@H](O)c1ccc(Cl)cc1)n1ncn(-c2ccc(N3CCN(c4cccc(OC)c4)CC3)nc2)c1=O. The van der Waals surface area contributed by atoms with Crippen LogP contribution < -0.4 is 20.2 Å². The van der Waals surface area contributed by atoms with Crippen LogP contribution in [0.15, 0.2) is 78.0 Å². The lowest BCUT2D eigenvalue weighted by molar-refractivity contribution is 0.0981. The predicted octanol–water partition coefficient (Wildman–Crippen LogP) is 4.49. The van der Waals surface area contributed by atoms with Crippen molar-refractivity contribution in [3.05, 3.63) is 94.3 Å². The van der Waals surface area contributed by atoms with E-state index in [2.05, 4.69) is 32.0 Å². The number of ether oxygens (including phenoxy) is 1. The summed E-state index contributed by atoms with van der Waals surface area (Å²) in [6.07, 6.45) is 3.68. The summed E-state index contributed by atoms with van der Waals surface area (Å²) in [6.45, 7) is 5.43. The molecular weight excluding hydrogens is 516 g/mol. The van der Waals surface area contributed by atoms with Gasteiger partial charge in [-0.2, -0.15) is 5.10 Å². The van der Waals surface area contributed by atoms with Crippen molar-refractivity contribution in [3.8, 4) is 11.4 Å². The lowest BCUT2D eigenvalue weighted by Gasteiger charge is -2.36. The molecule has 0 amide bonds. The van der Waals surface area contributed by atoms with Gasteiger partial charge >= 0.3 is 5.69 Å². The van der Waals surface area contributed by atoms with Crippen LogP contribution in [0.2, 0.25) is 5.02 Å². The van der Waals surface area contributed by atoms with E-state index in [1.165, 1.54) is 15.6 Å². The van der Waals surface area contributed by atoms with Crippen molar-refractivity contribution in [2.45, 2.75) is 31.9 Å². The second-order valence-electron chi connectivity index (χ2n) is 9.63. The van der Waals surface area contributed by atoms with Crippen molar-refractivity contribution >= 4 is 23.1 Å². The van der Waals surface area contributed by atoms with E-state index in [-0.39, 0.29) is 5.69 Å². The number of aliphatic hydroxyl groups excluding tert-OH is 1. The van der Waals surface area contributed by atoms with Gasteiger partial charge in [-0.15, -0.1) is 0 Å². The number of pyridine rings is 1. The summed E-state index contributed by atoms with van der Waals surface area (Å²) in [5.41, 5.74) is 2.15. The second kappa shape index (κ2) is 11.9. The first-order valence-corrected chi connectivity index (χ1v) is 13.6. The first kappa shape index (κ1) is 26.8. The highest BCUT2D eigenvalue weighted by Gasteiger charge is 2.26. The zero-order valence-corrected chi connectivity index (χ0v) is 22.9. The summed E-state index contributed by atoms with van der Waals surface area (Å²) in [5.74, 6) is 1.72. The second-order valence-corrected chi connectivity index (χ2v) is 10.1. The fourth-order valence-corrected chi connectivity index (χ4v) is 5.15. The number of aromatic nitrogens is 4. The maximum Gasteiger partial charge on any atom is 0.350 e. The molecular formula is C29H33ClN6O3. The first-order valence-electron chi connectivity index (χ1n) is 13.2. The van der Waals surface area contributed by atoms with Gasteiger partial charge in [0.1, 0.15) is 24.0 Å². The van der Waals surface area contributed by atoms with Crippen LogP contribution >= 0.6 is 11.6 Å². The molecule has 2 aromatic heterocycles. The molecule has 9 nitrogen and oxygen atoms in total. The minimum absolute atomic E-state index is 0.317. The summed E-state index contributed by atoms with van der Waals surface area (Å²) in [6, 6.07) is 18.4. The molecule has 1 aliphatic heterocycles. The molecule has 10 heteroatoms. The minimum Gasteiger partial charge on any atom is -0.497 e. The van der Waals surface area contributed by atoms with Gasteiger partial charge in [-0.25, -0.2) is 19.0 Å². The quantitative estimate of drug-likeness (QED) is 0.329. The lowest BCUT2D eigenvalue weighted by Crippen LogP contribution is -2.46. The third-order valence-electron chi connectivity index (χ3n) is 7.20. The van der Waals surface area contributed by atoms with E-state index in [4.69, 9.17) is 16.3 Å². The van der Waals surface area contributed by atoms with E-state index in [0.29, 0.717) is 22.7 Å². The van der Waals surface area contributed by atoms with E-state index in [1.54, 1.807) is 37.6 Å². The van der Waals surface area contributed by atoms with E-state index < -0.39 is 12.1 Å². The normalized spacial score (nSPS) is 15.3. The number of rotatable bonds is 9. The Morgan fingerprint density at radius 2 is 1.74 bits per heavy atom. The average molecular weight is 549 g/mol. The van der Waals surface area contributed by atoms with Gasteiger partial charge in [-0.05, 0) is 48.4 Å². The van der Waals surface area contributed by atoms with Crippen molar-refractivity contribution in [1.82, 2.24) is 19.3 Å². The Labute approximate surface area is 232 Å². The highest BCUT2D eigenvalue weighted by Crippen LogP contribution is 2.30. The Hall–Kier alpha value is -3.82. The van der Waals surface area contributed by atoms with E-state index >= 15 is 0 Å². The number of halogens is 1. The van der Waals surface area contributed by atoms with Crippen molar-refractivity contribution in [2.24, 2.45) is 0 Å². The van der Waals surface area contributed by atoms with Crippen LogP contribution in [-0.2, 0) is 0 Å². The molecule has 2 atom stereocenters. The highest BCUT2D eigenvalue weighted by molar-refractivity contribution is 6.30. The Balaban J connectivity index is 1.29. The minimum atomic E-state index is -0.889. The van der Waals surface area contributed by atoms with Crippen molar-refractivity contribution in [3.63, 3.8) is 0 Å². The van der Waals surface area contributed by atoms with Gasteiger partial charge in [-0.3, -0.25) is 0 Å².